The highest BCUT2D eigenvalue weighted by Gasteiger charge is 2.27. The lowest BCUT2D eigenvalue weighted by Crippen LogP contribution is -2.52. The molecular formula is C15H24BrN3O. The summed E-state index contributed by atoms with van der Waals surface area (Å²) in [6, 6.07) is 4.42. The Bertz CT molecular complexity index is 397. The lowest BCUT2D eigenvalue weighted by atomic mass is 10.0. The molecule has 2 heterocycles. The lowest BCUT2D eigenvalue weighted by Gasteiger charge is -2.36. The summed E-state index contributed by atoms with van der Waals surface area (Å²) in [6.45, 7) is 6.28. The molecule has 2 rings (SSSR count). The van der Waals surface area contributed by atoms with Gasteiger partial charge >= 0.3 is 0 Å². The van der Waals surface area contributed by atoms with Gasteiger partial charge < -0.3 is 10.1 Å². The highest BCUT2D eigenvalue weighted by atomic mass is 79.9. The van der Waals surface area contributed by atoms with Crippen molar-refractivity contribution in [2.24, 2.45) is 0 Å². The van der Waals surface area contributed by atoms with Gasteiger partial charge in [0.05, 0.1) is 12.7 Å². The average molecular weight is 342 g/mol. The molecule has 0 saturated carbocycles. The number of nitrogens with one attached hydrogen (secondary N) is 1. The maximum atomic E-state index is 5.96. The molecular weight excluding hydrogens is 318 g/mol. The first-order valence-corrected chi connectivity index (χ1v) is 8.14. The van der Waals surface area contributed by atoms with Crippen molar-refractivity contribution in [2.45, 2.75) is 31.9 Å². The van der Waals surface area contributed by atoms with E-state index in [-0.39, 0.29) is 6.10 Å². The molecule has 4 nitrogen and oxygen atoms in total. The fraction of sp³-hybridized carbons (Fsp3) is 0.667. The van der Waals surface area contributed by atoms with Gasteiger partial charge in [-0.15, -0.1) is 0 Å². The van der Waals surface area contributed by atoms with Gasteiger partial charge in [0, 0.05) is 41.9 Å². The number of rotatable bonds is 6. The standard InChI is InChI=1S/C15H24BrN3O/c1-3-6-19-7-8-20-15(11-19)14(17-2)9-13-5-4-12(16)10-18-13/h4-5,10,14-15,17H,3,6-9,11H2,1-2H3. The molecule has 1 saturated heterocycles. The second kappa shape index (κ2) is 8.08. The summed E-state index contributed by atoms with van der Waals surface area (Å²) in [5.41, 5.74) is 1.10. The third kappa shape index (κ3) is 4.52. The highest BCUT2D eigenvalue weighted by Crippen LogP contribution is 2.14. The van der Waals surface area contributed by atoms with Crippen molar-refractivity contribution in [1.82, 2.24) is 15.2 Å². The molecule has 112 valence electrons. The van der Waals surface area contributed by atoms with E-state index in [9.17, 15) is 0 Å². The third-order valence-corrected chi connectivity index (χ3v) is 4.22. The summed E-state index contributed by atoms with van der Waals surface area (Å²) in [5, 5.41) is 3.39. The van der Waals surface area contributed by atoms with Crippen LogP contribution in [0.25, 0.3) is 0 Å². The fourth-order valence-electron chi connectivity index (χ4n) is 2.67. The Kier molecular flexibility index (Phi) is 6.42. The molecule has 0 aliphatic carbocycles. The zero-order chi connectivity index (χ0) is 14.4. The number of nitrogens with zero attached hydrogens (tertiary/aromatic N) is 2. The maximum absolute atomic E-state index is 5.96. The zero-order valence-electron chi connectivity index (χ0n) is 12.3. The van der Waals surface area contributed by atoms with Crippen molar-refractivity contribution in [1.29, 1.82) is 0 Å². The van der Waals surface area contributed by atoms with Gasteiger partial charge in [-0.3, -0.25) is 9.88 Å². The first kappa shape index (κ1) is 15.9. The van der Waals surface area contributed by atoms with E-state index in [0.29, 0.717) is 6.04 Å². The number of ether oxygens (including phenoxy) is 1. The summed E-state index contributed by atoms with van der Waals surface area (Å²) in [5.74, 6) is 0. The Morgan fingerprint density at radius 2 is 2.40 bits per heavy atom. The van der Waals surface area contributed by atoms with Gasteiger partial charge in [-0.1, -0.05) is 6.92 Å². The van der Waals surface area contributed by atoms with Gasteiger partial charge in [0.15, 0.2) is 0 Å². The second-order valence-corrected chi connectivity index (χ2v) is 6.19. The zero-order valence-corrected chi connectivity index (χ0v) is 13.9. The molecule has 1 aromatic heterocycles. The SMILES string of the molecule is CCCN1CCOC(C(Cc2ccc(Br)cn2)NC)C1. The predicted octanol–water partition coefficient (Wildman–Crippen LogP) is 2.09. The average Bonchev–Trinajstić information content (AvgIpc) is 2.47. The van der Waals surface area contributed by atoms with Gasteiger partial charge in [0.25, 0.3) is 0 Å². The van der Waals surface area contributed by atoms with Gasteiger partial charge in [-0.25, -0.2) is 0 Å². The molecule has 0 bridgehead atoms. The molecule has 1 aromatic rings. The molecule has 1 fully saturated rings. The van der Waals surface area contributed by atoms with Crippen LogP contribution in [0.2, 0.25) is 0 Å². The minimum absolute atomic E-state index is 0.241. The van der Waals surface area contributed by atoms with Crippen molar-refractivity contribution in [3.05, 3.63) is 28.5 Å². The Labute approximate surface area is 130 Å². The van der Waals surface area contributed by atoms with Crippen LogP contribution in [-0.2, 0) is 11.2 Å². The van der Waals surface area contributed by atoms with E-state index in [0.717, 1.165) is 42.8 Å². The van der Waals surface area contributed by atoms with E-state index < -0.39 is 0 Å². The molecule has 0 radical (unpaired) electrons. The minimum atomic E-state index is 0.241. The van der Waals surface area contributed by atoms with Crippen LogP contribution in [0, 0.1) is 0 Å². The summed E-state index contributed by atoms with van der Waals surface area (Å²) in [6.07, 6.45) is 4.19. The number of pyridine rings is 1. The summed E-state index contributed by atoms with van der Waals surface area (Å²) in [4.78, 5) is 6.95. The Hall–Kier alpha value is -0.490. The van der Waals surface area contributed by atoms with E-state index in [1.165, 1.54) is 6.42 Å². The largest absolute Gasteiger partial charge is 0.374 e. The van der Waals surface area contributed by atoms with Gasteiger partial charge in [-0.05, 0) is 48.1 Å². The molecule has 2 atom stereocenters. The molecule has 0 amide bonds. The van der Waals surface area contributed by atoms with Crippen molar-refractivity contribution in [3.8, 4) is 0 Å². The maximum Gasteiger partial charge on any atom is 0.0858 e. The minimum Gasteiger partial charge on any atom is -0.374 e. The van der Waals surface area contributed by atoms with Crippen molar-refractivity contribution >= 4 is 15.9 Å². The smallest absolute Gasteiger partial charge is 0.0858 e. The molecule has 5 heteroatoms. The Morgan fingerprint density at radius 3 is 3.05 bits per heavy atom. The second-order valence-electron chi connectivity index (χ2n) is 5.28. The monoisotopic (exact) mass is 341 g/mol. The van der Waals surface area contributed by atoms with Crippen LogP contribution in [0.3, 0.4) is 0 Å². The Balaban J connectivity index is 1.95. The summed E-state index contributed by atoms with van der Waals surface area (Å²) < 4.78 is 6.98. The first-order chi connectivity index (χ1) is 9.72. The number of aromatic nitrogens is 1. The molecule has 1 aliphatic rings. The fourth-order valence-corrected chi connectivity index (χ4v) is 2.90. The number of morpholine rings is 1. The quantitative estimate of drug-likeness (QED) is 0.859. The Morgan fingerprint density at radius 1 is 1.55 bits per heavy atom. The first-order valence-electron chi connectivity index (χ1n) is 7.34. The van der Waals surface area contributed by atoms with Crippen molar-refractivity contribution in [2.75, 3.05) is 33.3 Å². The van der Waals surface area contributed by atoms with Gasteiger partial charge in [0.1, 0.15) is 0 Å². The topological polar surface area (TPSA) is 37.4 Å². The number of hydrogen-bond acceptors (Lipinski definition) is 4. The van der Waals surface area contributed by atoms with Crippen molar-refractivity contribution < 1.29 is 4.74 Å². The number of hydrogen-bond donors (Lipinski definition) is 1. The van der Waals surface area contributed by atoms with Crippen molar-refractivity contribution in [3.63, 3.8) is 0 Å². The van der Waals surface area contributed by atoms with Crippen LogP contribution in [0.4, 0.5) is 0 Å². The van der Waals surface area contributed by atoms with Gasteiger partial charge in [-0.2, -0.15) is 0 Å². The predicted molar refractivity (Wildman–Crippen MR) is 85.0 cm³/mol. The molecule has 0 spiro atoms. The molecule has 0 aromatic carbocycles. The van der Waals surface area contributed by atoms with Crippen LogP contribution < -0.4 is 5.32 Å². The van der Waals surface area contributed by atoms with E-state index >= 15 is 0 Å². The number of likely N-dealkylation sites (N-methyl/N-ethyl adjacent to an activating group) is 1. The number of halogens is 1. The van der Waals surface area contributed by atoms with Crippen LogP contribution in [0.1, 0.15) is 19.0 Å². The van der Waals surface area contributed by atoms with Crippen LogP contribution in [-0.4, -0.2) is 55.3 Å². The van der Waals surface area contributed by atoms with E-state index in [1.807, 2.05) is 19.3 Å². The summed E-state index contributed by atoms with van der Waals surface area (Å²) in [7, 11) is 2.01. The van der Waals surface area contributed by atoms with E-state index in [1.54, 1.807) is 0 Å². The van der Waals surface area contributed by atoms with E-state index in [4.69, 9.17) is 4.74 Å². The third-order valence-electron chi connectivity index (χ3n) is 3.75. The van der Waals surface area contributed by atoms with Crippen LogP contribution >= 0.6 is 15.9 Å². The van der Waals surface area contributed by atoms with Gasteiger partial charge in [0.2, 0.25) is 0 Å². The van der Waals surface area contributed by atoms with E-state index in [2.05, 4.69) is 44.1 Å². The van der Waals surface area contributed by atoms with Crippen LogP contribution in [0.5, 0.6) is 0 Å². The normalized spacial score (nSPS) is 21.9. The molecule has 1 aliphatic heterocycles. The molecule has 2 unspecified atom stereocenters. The highest BCUT2D eigenvalue weighted by molar-refractivity contribution is 9.10. The van der Waals surface area contributed by atoms with Crippen LogP contribution in [0.15, 0.2) is 22.8 Å². The summed E-state index contributed by atoms with van der Waals surface area (Å²) >= 11 is 3.42. The molecule has 1 N–H and O–H groups in total. The lowest BCUT2D eigenvalue weighted by molar-refractivity contribution is -0.0452. The molecule has 20 heavy (non-hydrogen) atoms.